The highest BCUT2D eigenvalue weighted by Gasteiger charge is 2.04. The van der Waals surface area contributed by atoms with E-state index in [9.17, 15) is 0 Å². The minimum atomic E-state index is 0.520. The summed E-state index contributed by atoms with van der Waals surface area (Å²) in [6.07, 6.45) is 1.25. The highest BCUT2D eigenvalue weighted by molar-refractivity contribution is 7.13. The number of benzene rings is 1. The molecule has 0 aliphatic carbocycles. The van der Waals surface area contributed by atoms with E-state index in [0.29, 0.717) is 13.0 Å². The largest absolute Gasteiger partial charge is 0.494 e. The predicted molar refractivity (Wildman–Crippen MR) is 72.7 cm³/mol. The van der Waals surface area contributed by atoms with E-state index >= 15 is 0 Å². The molecule has 0 saturated carbocycles. The molecule has 92 valence electrons. The fourth-order valence-electron chi connectivity index (χ4n) is 1.60. The molecule has 0 N–H and O–H groups in total. The lowest BCUT2D eigenvalue weighted by Gasteiger charge is -2.02. The summed E-state index contributed by atoms with van der Waals surface area (Å²) >= 11 is 1.61. The summed E-state index contributed by atoms with van der Waals surface area (Å²) in [5.74, 6) is 0.877. The third-order valence-electron chi connectivity index (χ3n) is 2.46. The first-order valence-corrected chi connectivity index (χ1v) is 6.76. The number of rotatable bonds is 5. The number of thiazole rings is 1. The third kappa shape index (κ3) is 3.08. The summed E-state index contributed by atoms with van der Waals surface area (Å²) < 4.78 is 5.40. The van der Waals surface area contributed by atoms with Gasteiger partial charge in [-0.1, -0.05) is 0 Å². The fraction of sp³-hybridized carbons (Fsp3) is 0.286. The van der Waals surface area contributed by atoms with Gasteiger partial charge >= 0.3 is 0 Å². The number of aryl methyl sites for hydroxylation is 1. The molecule has 3 nitrogen and oxygen atoms in total. The number of nitrogens with zero attached hydrogens (tertiary/aromatic N) is 2. The molecule has 4 heteroatoms. The Balaban J connectivity index is 2.11. The van der Waals surface area contributed by atoms with Gasteiger partial charge in [0.1, 0.15) is 10.8 Å². The molecule has 0 bridgehead atoms. The Morgan fingerprint density at radius 2 is 2.11 bits per heavy atom. The van der Waals surface area contributed by atoms with Crippen LogP contribution in [0, 0.1) is 11.3 Å². The monoisotopic (exact) mass is 258 g/mol. The average molecular weight is 258 g/mol. The highest BCUT2D eigenvalue weighted by atomic mass is 32.1. The fourth-order valence-corrected chi connectivity index (χ4v) is 2.46. The van der Waals surface area contributed by atoms with Crippen molar-refractivity contribution >= 4 is 11.3 Å². The Kier molecular flexibility index (Phi) is 4.32. The predicted octanol–water partition coefficient (Wildman–Crippen LogP) is 3.66. The first kappa shape index (κ1) is 12.6. The van der Waals surface area contributed by atoms with Crippen LogP contribution >= 0.6 is 11.3 Å². The number of hydrogen-bond acceptors (Lipinski definition) is 4. The Morgan fingerprint density at radius 1 is 1.33 bits per heavy atom. The molecule has 0 radical (unpaired) electrons. The molecule has 0 spiro atoms. The van der Waals surface area contributed by atoms with Crippen molar-refractivity contribution in [1.29, 1.82) is 5.26 Å². The van der Waals surface area contributed by atoms with E-state index in [1.54, 1.807) is 11.3 Å². The molecule has 0 fully saturated rings. The van der Waals surface area contributed by atoms with Gasteiger partial charge in [0.25, 0.3) is 0 Å². The van der Waals surface area contributed by atoms with E-state index in [0.717, 1.165) is 28.4 Å². The molecule has 0 unspecified atom stereocenters. The lowest BCUT2D eigenvalue weighted by Crippen LogP contribution is -1.90. The Hall–Kier alpha value is -1.86. The molecular weight excluding hydrogens is 244 g/mol. The minimum Gasteiger partial charge on any atom is -0.494 e. The maximum atomic E-state index is 8.54. The van der Waals surface area contributed by atoms with Gasteiger partial charge in [0.15, 0.2) is 0 Å². The molecule has 0 saturated heterocycles. The SMILES string of the molecule is CCOc1ccc(-c2nc(CCC#N)cs2)cc1. The van der Waals surface area contributed by atoms with Crippen molar-refractivity contribution < 1.29 is 4.74 Å². The molecule has 0 aliphatic rings. The second-order valence-corrected chi connectivity index (χ2v) is 4.62. The van der Waals surface area contributed by atoms with Crippen LogP contribution in [0.2, 0.25) is 0 Å². The Labute approximate surface area is 111 Å². The lowest BCUT2D eigenvalue weighted by atomic mass is 10.2. The first-order valence-electron chi connectivity index (χ1n) is 5.88. The summed E-state index contributed by atoms with van der Waals surface area (Å²) in [5, 5.41) is 11.6. The van der Waals surface area contributed by atoms with Crippen LogP contribution in [0.1, 0.15) is 19.0 Å². The average Bonchev–Trinajstić information content (AvgIpc) is 2.86. The normalized spacial score (nSPS) is 10.0. The van der Waals surface area contributed by atoms with Crippen LogP contribution in [0.4, 0.5) is 0 Å². The summed E-state index contributed by atoms with van der Waals surface area (Å²) in [6.45, 7) is 2.64. The van der Waals surface area contributed by atoms with Crippen LogP contribution in [0.5, 0.6) is 5.75 Å². The van der Waals surface area contributed by atoms with Crippen molar-refractivity contribution in [3.63, 3.8) is 0 Å². The maximum absolute atomic E-state index is 8.54. The van der Waals surface area contributed by atoms with Gasteiger partial charge in [0.2, 0.25) is 0 Å². The first-order chi connectivity index (χ1) is 8.83. The van der Waals surface area contributed by atoms with Crippen LogP contribution in [0.15, 0.2) is 29.6 Å². The number of nitriles is 1. The van der Waals surface area contributed by atoms with Gasteiger partial charge in [0.05, 0.1) is 18.4 Å². The van der Waals surface area contributed by atoms with E-state index < -0.39 is 0 Å². The molecule has 1 aromatic carbocycles. The van der Waals surface area contributed by atoms with E-state index in [4.69, 9.17) is 10.00 Å². The summed E-state index contributed by atoms with van der Waals surface area (Å²) in [4.78, 5) is 4.52. The zero-order valence-electron chi connectivity index (χ0n) is 10.2. The molecule has 0 aliphatic heterocycles. The van der Waals surface area contributed by atoms with Gasteiger partial charge in [-0.15, -0.1) is 11.3 Å². The standard InChI is InChI=1S/C14H14N2OS/c1-2-17-13-7-5-11(6-8-13)14-16-12(10-18-14)4-3-9-15/h5-8,10H,2-4H2,1H3. The molecule has 0 atom stereocenters. The van der Waals surface area contributed by atoms with Crippen molar-refractivity contribution in [1.82, 2.24) is 4.98 Å². The van der Waals surface area contributed by atoms with Gasteiger partial charge in [-0.2, -0.15) is 5.26 Å². The second kappa shape index (κ2) is 6.18. The van der Waals surface area contributed by atoms with E-state index in [1.165, 1.54) is 0 Å². The van der Waals surface area contributed by atoms with E-state index in [-0.39, 0.29) is 0 Å². The number of hydrogen-bond donors (Lipinski definition) is 0. The minimum absolute atomic E-state index is 0.520. The molecule has 0 amide bonds. The van der Waals surface area contributed by atoms with Crippen LogP contribution in [-0.2, 0) is 6.42 Å². The van der Waals surface area contributed by atoms with Gasteiger partial charge in [0, 0.05) is 23.8 Å². The van der Waals surface area contributed by atoms with Crippen molar-refractivity contribution in [2.24, 2.45) is 0 Å². The van der Waals surface area contributed by atoms with Crippen LogP contribution in [0.25, 0.3) is 10.6 Å². The molecule has 1 heterocycles. The van der Waals surface area contributed by atoms with Crippen molar-refractivity contribution in [3.8, 4) is 22.4 Å². The zero-order valence-corrected chi connectivity index (χ0v) is 11.0. The topological polar surface area (TPSA) is 45.9 Å². The van der Waals surface area contributed by atoms with Crippen molar-refractivity contribution in [3.05, 3.63) is 35.3 Å². The quantitative estimate of drug-likeness (QED) is 0.822. The second-order valence-electron chi connectivity index (χ2n) is 3.76. The van der Waals surface area contributed by atoms with Crippen LogP contribution < -0.4 is 4.74 Å². The van der Waals surface area contributed by atoms with Gasteiger partial charge < -0.3 is 4.74 Å². The van der Waals surface area contributed by atoms with Gasteiger partial charge in [-0.05, 0) is 31.2 Å². The van der Waals surface area contributed by atoms with Crippen molar-refractivity contribution in [2.45, 2.75) is 19.8 Å². The van der Waals surface area contributed by atoms with Gasteiger partial charge in [-0.25, -0.2) is 4.98 Å². The number of ether oxygens (including phenoxy) is 1. The zero-order chi connectivity index (χ0) is 12.8. The summed E-state index contributed by atoms with van der Waals surface area (Å²) in [5.41, 5.74) is 2.08. The summed E-state index contributed by atoms with van der Waals surface area (Å²) in [7, 11) is 0. The summed E-state index contributed by atoms with van der Waals surface area (Å²) in [6, 6.07) is 10.1. The molecule has 2 rings (SSSR count). The van der Waals surface area contributed by atoms with E-state index in [2.05, 4.69) is 11.1 Å². The maximum Gasteiger partial charge on any atom is 0.123 e. The smallest absolute Gasteiger partial charge is 0.123 e. The van der Waals surface area contributed by atoms with Gasteiger partial charge in [-0.3, -0.25) is 0 Å². The Bertz CT molecular complexity index is 540. The number of aromatic nitrogens is 1. The molecule has 18 heavy (non-hydrogen) atoms. The van der Waals surface area contributed by atoms with Crippen LogP contribution in [0.3, 0.4) is 0 Å². The third-order valence-corrected chi connectivity index (χ3v) is 3.40. The molecule has 2 aromatic rings. The highest BCUT2D eigenvalue weighted by Crippen LogP contribution is 2.26. The Morgan fingerprint density at radius 3 is 2.78 bits per heavy atom. The lowest BCUT2D eigenvalue weighted by molar-refractivity contribution is 0.340. The molecular formula is C14H14N2OS. The van der Waals surface area contributed by atoms with Crippen molar-refractivity contribution in [2.75, 3.05) is 6.61 Å². The van der Waals surface area contributed by atoms with Crippen LogP contribution in [-0.4, -0.2) is 11.6 Å². The van der Waals surface area contributed by atoms with E-state index in [1.807, 2.05) is 36.6 Å². The molecule has 1 aromatic heterocycles.